The second-order valence-corrected chi connectivity index (χ2v) is 6.16. The van der Waals surface area contributed by atoms with Crippen LogP contribution in [0.3, 0.4) is 0 Å². The van der Waals surface area contributed by atoms with E-state index in [0.717, 1.165) is 30.5 Å². The lowest BCUT2D eigenvalue weighted by Gasteiger charge is -2.15. The molecule has 1 heterocycles. The van der Waals surface area contributed by atoms with Crippen molar-refractivity contribution in [1.82, 2.24) is 4.98 Å². The molecule has 0 unspecified atom stereocenters. The van der Waals surface area contributed by atoms with Crippen LogP contribution in [0.4, 0.5) is 9.93 Å². The molecule has 1 aliphatic rings. The number of carbonyl (C=O) groups is 1. The fraction of sp³-hybridized carbons (Fsp3) is 0.333. The number of benzene rings is 1. The molecule has 0 saturated heterocycles. The molecule has 1 aliphatic carbocycles. The van der Waals surface area contributed by atoms with Crippen molar-refractivity contribution in [1.29, 1.82) is 0 Å². The summed E-state index contributed by atoms with van der Waals surface area (Å²) in [6.45, 7) is 0.253. The smallest absolute Gasteiger partial charge is 0.413 e. The van der Waals surface area contributed by atoms with E-state index in [1.165, 1.54) is 16.2 Å². The lowest BCUT2D eigenvalue weighted by atomic mass is 9.99. The fourth-order valence-electron chi connectivity index (χ4n) is 2.30. The van der Waals surface area contributed by atoms with Crippen LogP contribution in [0.15, 0.2) is 30.3 Å². The molecule has 110 valence electrons. The molecular weight excluding hydrogens is 286 g/mol. The lowest BCUT2D eigenvalue weighted by Crippen LogP contribution is -2.27. The molecule has 0 bridgehead atoms. The molecule has 1 amide bonds. The molecule has 21 heavy (non-hydrogen) atoms. The summed E-state index contributed by atoms with van der Waals surface area (Å²) in [5.74, 6) is 0. The van der Waals surface area contributed by atoms with Crippen LogP contribution in [0.5, 0.6) is 0 Å². The summed E-state index contributed by atoms with van der Waals surface area (Å²) < 4.78 is 5.18. The molecule has 3 N–H and O–H groups in total. The maximum atomic E-state index is 11.8. The van der Waals surface area contributed by atoms with Gasteiger partial charge in [-0.3, -0.25) is 5.32 Å². The van der Waals surface area contributed by atoms with Crippen LogP contribution in [0.25, 0.3) is 0 Å². The molecule has 1 aromatic carbocycles. The second-order valence-electron chi connectivity index (χ2n) is 5.08. The van der Waals surface area contributed by atoms with E-state index in [-0.39, 0.29) is 12.6 Å². The van der Waals surface area contributed by atoms with Crippen molar-refractivity contribution < 1.29 is 9.53 Å². The van der Waals surface area contributed by atoms with E-state index in [9.17, 15) is 4.79 Å². The van der Waals surface area contributed by atoms with Gasteiger partial charge in [0.2, 0.25) is 0 Å². The average Bonchev–Trinajstić information content (AvgIpc) is 2.87. The highest BCUT2D eigenvalue weighted by Crippen LogP contribution is 2.29. The number of thiazole rings is 1. The van der Waals surface area contributed by atoms with Gasteiger partial charge in [0.25, 0.3) is 0 Å². The van der Waals surface area contributed by atoms with Gasteiger partial charge in [-0.05, 0) is 24.8 Å². The zero-order valence-electron chi connectivity index (χ0n) is 11.5. The Morgan fingerprint density at radius 3 is 3.05 bits per heavy atom. The summed E-state index contributed by atoms with van der Waals surface area (Å²) in [4.78, 5) is 17.4. The van der Waals surface area contributed by atoms with Gasteiger partial charge < -0.3 is 10.5 Å². The molecule has 0 radical (unpaired) electrons. The first-order valence-corrected chi connectivity index (χ1v) is 7.74. The summed E-state index contributed by atoms with van der Waals surface area (Å²) in [7, 11) is 0. The number of hydrogen-bond acceptors (Lipinski definition) is 5. The molecule has 0 aliphatic heterocycles. The Morgan fingerprint density at radius 2 is 2.24 bits per heavy atom. The summed E-state index contributed by atoms with van der Waals surface area (Å²) in [6.07, 6.45) is 2.20. The van der Waals surface area contributed by atoms with Gasteiger partial charge in [0.05, 0.1) is 5.69 Å². The van der Waals surface area contributed by atoms with E-state index < -0.39 is 6.09 Å². The maximum Gasteiger partial charge on any atom is 0.413 e. The standard InChI is InChI=1S/C15H17N3O2S/c16-11-6-7-12-13(8-11)21-14(17-12)18-15(19)20-9-10-4-2-1-3-5-10/h1-5,11H,6-9,16H2,(H,17,18,19)/t11-/m0/s1. The third-order valence-corrected chi connectivity index (χ3v) is 4.43. The number of ether oxygens (including phenoxy) is 1. The van der Waals surface area contributed by atoms with Gasteiger partial charge >= 0.3 is 6.09 Å². The molecule has 6 heteroatoms. The van der Waals surface area contributed by atoms with Crippen LogP contribution < -0.4 is 11.1 Å². The first-order valence-electron chi connectivity index (χ1n) is 6.92. The number of carbonyl (C=O) groups excluding carboxylic acids is 1. The van der Waals surface area contributed by atoms with Gasteiger partial charge in [0, 0.05) is 10.9 Å². The number of hydrogen-bond donors (Lipinski definition) is 2. The fourth-order valence-corrected chi connectivity index (χ4v) is 3.39. The van der Waals surface area contributed by atoms with Crippen LogP contribution in [0.2, 0.25) is 0 Å². The number of rotatable bonds is 3. The molecule has 0 spiro atoms. The predicted octanol–water partition coefficient (Wildman–Crippen LogP) is 2.71. The van der Waals surface area contributed by atoms with Crippen molar-refractivity contribution in [2.24, 2.45) is 5.73 Å². The number of nitrogens with two attached hydrogens (primary N) is 1. The molecule has 2 aromatic rings. The number of aromatic nitrogens is 1. The zero-order valence-corrected chi connectivity index (χ0v) is 12.4. The van der Waals surface area contributed by atoms with Crippen LogP contribution in [-0.2, 0) is 24.2 Å². The molecular formula is C15H17N3O2S. The number of aryl methyl sites for hydroxylation is 1. The number of nitrogens with one attached hydrogen (secondary N) is 1. The molecule has 1 aromatic heterocycles. The van der Waals surface area contributed by atoms with E-state index in [4.69, 9.17) is 10.5 Å². The van der Waals surface area contributed by atoms with Gasteiger partial charge in [-0.25, -0.2) is 9.78 Å². The Kier molecular flexibility index (Phi) is 4.17. The summed E-state index contributed by atoms with van der Waals surface area (Å²) in [5, 5.41) is 3.28. The number of nitrogens with zero attached hydrogens (tertiary/aromatic N) is 1. The van der Waals surface area contributed by atoms with Gasteiger partial charge in [-0.1, -0.05) is 30.3 Å². The summed E-state index contributed by atoms with van der Waals surface area (Å²) in [6, 6.07) is 9.78. The van der Waals surface area contributed by atoms with Crippen molar-refractivity contribution in [2.75, 3.05) is 5.32 Å². The monoisotopic (exact) mass is 303 g/mol. The number of anilines is 1. The van der Waals surface area contributed by atoms with E-state index in [0.29, 0.717) is 5.13 Å². The van der Waals surface area contributed by atoms with Gasteiger partial charge in [0.15, 0.2) is 5.13 Å². The SMILES string of the molecule is N[C@H]1CCc2nc(NC(=O)OCc3ccccc3)sc2C1. The Morgan fingerprint density at radius 1 is 1.43 bits per heavy atom. The highest BCUT2D eigenvalue weighted by Gasteiger charge is 2.20. The third-order valence-electron chi connectivity index (χ3n) is 3.40. The molecule has 0 fully saturated rings. The Balaban J connectivity index is 1.55. The molecule has 5 nitrogen and oxygen atoms in total. The first kappa shape index (κ1) is 14.0. The zero-order chi connectivity index (χ0) is 14.7. The summed E-state index contributed by atoms with van der Waals surface area (Å²) >= 11 is 1.49. The highest BCUT2D eigenvalue weighted by molar-refractivity contribution is 7.15. The van der Waals surface area contributed by atoms with Crippen LogP contribution in [0, 0.1) is 0 Å². The summed E-state index contributed by atoms with van der Waals surface area (Å²) in [5.41, 5.74) is 7.95. The van der Waals surface area contributed by atoms with Crippen molar-refractivity contribution in [3.05, 3.63) is 46.5 Å². The Hall–Kier alpha value is -1.92. The van der Waals surface area contributed by atoms with E-state index in [1.807, 2.05) is 30.3 Å². The van der Waals surface area contributed by atoms with Gasteiger partial charge in [0.1, 0.15) is 6.61 Å². The average molecular weight is 303 g/mol. The van der Waals surface area contributed by atoms with Crippen molar-refractivity contribution in [3.8, 4) is 0 Å². The molecule has 0 saturated carbocycles. The Labute approximate surface area is 127 Å². The van der Waals surface area contributed by atoms with Crippen LogP contribution in [-0.4, -0.2) is 17.1 Å². The molecule has 3 rings (SSSR count). The minimum atomic E-state index is -0.478. The van der Waals surface area contributed by atoms with Gasteiger partial charge in [-0.15, -0.1) is 11.3 Å². The molecule has 1 atom stereocenters. The topological polar surface area (TPSA) is 77.2 Å². The lowest BCUT2D eigenvalue weighted by molar-refractivity contribution is 0.155. The Bertz CT molecular complexity index is 627. The first-order chi connectivity index (χ1) is 10.2. The quantitative estimate of drug-likeness (QED) is 0.914. The van der Waals surface area contributed by atoms with E-state index in [1.54, 1.807) is 0 Å². The normalized spacial score (nSPS) is 17.1. The second kappa shape index (κ2) is 6.24. The number of fused-ring (bicyclic) bond motifs is 1. The largest absolute Gasteiger partial charge is 0.444 e. The third kappa shape index (κ3) is 3.59. The van der Waals surface area contributed by atoms with Crippen molar-refractivity contribution in [3.63, 3.8) is 0 Å². The predicted molar refractivity (Wildman–Crippen MR) is 82.4 cm³/mol. The van der Waals surface area contributed by atoms with E-state index >= 15 is 0 Å². The minimum absolute atomic E-state index is 0.204. The van der Waals surface area contributed by atoms with Crippen molar-refractivity contribution >= 4 is 22.6 Å². The highest BCUT2D eigenvalue weighted by atomic mass is 32.1. The van der Waals surface area contributed by atoms with E-state index in [2.05, 4.69) is 10.3 Å². The van der Waals surface area contributed by atoms with Crippen molar-refractivity contribution in [2.45, 2.75) is 31.9 Å². The number of amides is 1. The maximum absolute atomic E-state index is 11.8. The van der Waals surface area contributed by atoms with Crippen LogP contribution >= 0.6 is 11.3 Å². The van der Waals surface area contributed by atoms with Crippen LogP contribution in [0.1, 0.15) is 22.6 Å². The van der Waals surface area contributed by atoms with Gasteiger partial charge in [-0.2, -0.15) is 0 Å². The minimum Gasteiger partial charge on any atom is -0.444 e.